The summed E-state index contributed by atoms with van der Waals surface area (Å²) in [7, 11) is 0. The van der Waals surface area contributed by atoms with Crippen molar-refractivity contribution in [1.82, 2.24) is 4.90 Å². The van der Waals surface area contributed by atoms with Crippen molar-refractivity contribution < 1.29 is 4.79 Å². The monoisotopic (exact) mass is 254 g/mol. The average molecular weight is 253 g/mol. The fourth-order valence-corrected chi connectivity index (χ4v) is 2.87. The molecule has 1 aromatic rings. The van der Waals surface area contributed by atoms with E-state index >= 15 is 0 Å². The normalized spacial score (nSPS) is 16.4. The van der Waals surface area contributed by atoms with E-state index in [1.165, 1.54) is 0 Å². The molecular formula is C10H10N2OSe. The minimum atomic E-state index is 0.0614. The van der Waals surface area contributed by atoms with Crippen molar-refractivity contribution in [3.05, 3.63) is 35.9 Å². The van der Waals surface area contributed by atoms with Crippen LogP contribution >= 0.6 is 0 Å². The standard InChI is InChI=1S/C10H10N2OSe/c11-10-12(9(13)7-14-10)6-8-4-2-1-3-5-8/h1-5,11H,6-7H2. The number of carbonyl (C=O) groups is 1. The maximum absolute atomic E-state index is 11.4. The first-order valence-corrected chi connectivity index (χ1v) is 6.40. The fourth-order valence-electron chi connectivity index (χ4n) is 1.33. The molecule has 0 bridgehead atoms. The van der Waals surface area contributed by atoms with Gasteiger partial charge in [0.1, 0.15) is 0 Å². The number of hydrogen-bond acceptors (Lipinski definition) is 2. The first kappa shape index (κ1) is 9.44. The second-order valence-corrected chi connectivity index (χ2v) is 5.08. The molecule has 72 valence electrons. The van der Waals surface area contributed by atoms with Crippen LogP contribution in [0.5, 0.6) is 0 Å². The van der Waals surface area contributed by atoms with Crippen molar-refractivity contribution in [3.8, 4) is 0 Å². The Labute approximate surface area is 88.8 Å². The van der Waals surface area contributed by atoms with Gasteiger partial charge in [-0.25, -0.2) is 0 Å². The molecule has 0 aromatic heterocycles. The summed E-state index contributed by atoms with van der Waals surface area (Å²) in [6, 6.07) is 9.80. The van der Waals surface area contributed by atoms with Gasteiger partial charge in [-0.2, -0.15) is 0 Å². The molecule has 1 saturated heterocycles. The molecular weight excluding hydrogens is 243 g/mol. The van der Waals surface area contributed by atoms with Crippen LogP contribution in [0.15, 0.2) is 30.3 Å². The number of amides is 1. The Morgan fingerprint density at radius 3 is 2.64 bits per heavy atom. The molecule has 0 spiro atoms. The van der Waals surface area contributed by atoms with Crippen LogP contribution < -0.4 is 0 Å². The molecule has 0 atom stereocenters. The van der Waals surface area contributed by atoms with Gasteiger partial charge < -0.3 is 0 Å². The van der Waals surface area contributed by atoms with E-state index in [1.807, 2.05) is 30.3 Å². The van der Waals surface area contributed by atoms with Gasteiger partial charge in [-0.05, 0) is 0 Å². The van der Waals surface area contributed by atoms with E-state index in [9.17, 15) is 4.79 Å². The van der Waals surface area contributed by atoms with E-state index in [-0.39, 0.29) is 20.9 Å². The summed E-state index contributed by atoms with van der Waals surface area (Å²) in [6.45, 7) is 0.556. The van der Waals surface area contributed by atoms with Gasteiger partial charge >= 0.3 is 88.5 Å². The average Bonchev–Trinajstić information content (AvgIpc) is 2.51. The maximum atomic E-state index is 11.4. The number of carbonyl (C=O) groups excluding carboxylic acids is 1. The van der Waals surface area contributed by atoms with Crippen molar-refractivity contribution in [2.75, 3.05) is 0 Å². The Balaban J connectivity index is 2.11. The molecule has 1 aliphatic rings. The summed E-state index contributed by atoms with van der Waals surface area (Å²) in [5.41, 5.74) is 1.09. The predicted octanol–water partition coefficient (Wildman–Crippen LogP) is 1.09. The van der Waals surface area contributed by atoms with E-state index in [2.05, 4.69) is 0 Å². The van der Waals surface area contributed by atoms with Gasteiger partial charge in [-0.3, -0.25) is 0 Å². The third-order valence-corrected chi connectivity index (χ3v) is 3.92. The van der Waals surface area contributed by atoms with Crippen LogP contribution in [0, 0.1) is 5.41 Å². The molecule has 2 rings (SSSR count). The number of rotatable bonds is 2. The van der Waals surface area contributed by atoms with E-state index in [0.29, 0.717) is 16.6 Å². The van der Waals surface area contributed by atoms with Crippen LogP contribution in [0.4, 0.5) is 0 Å². The molecule has 1 aromatic carbocycles. The van der Waals surface area contributed by atoms with E-state index in [1.54, 1.807) is 4.90 Å². The van der Waals surface area contributed by atoms with Crippen molar-refractivity contribution in [2.45, 2.75) is 11.9 Å². The first-order chi connectivity index (χ1) is 6.77. The van der Waals surface area contributed by atoms with Crippen LogP contribution in [0.2, 0.25) is 5.32 Å². The summed E-state index contributed by atoms with van der Waals surface area (Å²) in [4.78, 5) is 13.0. The van der Waals surface area contributed by atoms with Gasteiger partial charge in [0.2, 0.25) is 0 Å². The Morgan fingerprint density at radius 2 is 2.07 bits per heavy atom. The summed E-state index contributed by atoms with van der Waals surface area (Å²) >= 11 is 0.0614. The van der Waals surface area contributed by atoms with Gasteiger partial charge in [0.25, 0.3) is 0 Å². The van der Waals surface area contributed by atoms with Crippen LogP contribution in [0.3, 0.4) is 0 Å². The summed E-state index contributed by atoms with van der Waals surface area (Å²) in [6.07, 6.45) is 0. The van der Waals surface area contributed by atoms with Gasteiger partial charge in [0, 0.05) is 0 Å². The van der Waals surface area contributed by atoms with Crippen molar-refractivity contribution in [3.63, 3.8) is 0 Å². The Hall–Kier alpha value is -1.12. The third kappa shape index (κ3) is 1.86. The molecule has 1 amide bonds. The zero-order valence-electron chi connectivity index (χ0n) is 7.56. The molecule has 14 heavy (non-hydrogen) atoms. The van der Waals surface area contributed by atoms with Crippen molar-refractivity contribution in [2.24, 2.45) is 0 Å². The molecule has 1 aliphatic heterocycles. The Bertz CT molecular complexity index is 348. The molecule has 0 saturated carbocycles. The molecule has 3 nitrogen and oxygen atoms in total. The Morgan fingerprint density at radius 1 is 1.36 bits per heavy atom. The molecule has 0 radical (unpaired) electrons. The SMILES string of the molecule is N=C1[Se]CC(=O)N1Cc1ccccc1. The molecule has 4 heteroatoms. The second kappa shape index (κ2) is 3.94. The molecule has 1 N–H and O–H groups in total. The molecule has 0 unspecified atom stereocenters. The number of nitrogens with one attached hydrogen (secondary N) is 1. The van der Waals surface area contributed by atoms with E-state index in [4.69, 9.17) is 5.41 Å². The zero-order chi connectivity index (χ0) is 9.97. The van der Waals surface area contributed by atoms with Crippen molar-refractivity contribution >= 4 is 25.6 Å². The molecule has 1 heterocycles. The van der Waals surface area contributed by atoms with Gasteiger partial charge in [-0.15, -0.1) is 0 Å². The van der Waals surface area contributed by atoms with Gasteiger partial charge in [0.15, 0.2) is 0 Å². The van der Waals surface area contributed by atoms with Crippen LogP contribution in [0.25, 0.3) is 0 Å². The number of amidine groups is 1. The minimum absolute atomic E-state index is 0.0614. The second-order valence-electron chi connectivity index (χ2n) is 3.06. The predicted molar refractivity (Wildman–Crippen MR) is 55.3 cm³/mol. The first-order valence-electron chi connectivity index (χ1n) is 4.33. The topological polar surface area (TPSA) is 44.2 Å². The summed E-state index contributed by atoms with van der Waals surface area (Å²) < 4.78 is 0.506. The van der Waals surface area contributed by atoms with Gasteiger partial charge in [0.05, 0.1) is 0 Å². The van der Waals surface area contributed by atoms with E-state index in [0.717, 1.165) is 5.56 Å². The quantitative estimate of drug-likeness (QED) is 0.788. The number of hydrogen-bond donors (Lipinski definition) is 1. The van der Waals surface area contributed by atoms with E-state index < -0.39 is 0 Å². The van der Waals surface area contributed by atoms with Crippen molar-refractivity contribution in [1.29, 1.82) is 5.41 Å². The number of nitrogens with zero attached hydrogens (tertiary/aromatic N) is 1. The summed E-state index contributed by atoms with van der Waals surface area (Å²) in [5.74, 6) is 0.0962. The fraction of sp³-hybridized carbons (Fsp3) is 0.200. The molecule has 1 fully saturated rings. The van der Waals surface area contributed by atoms with Gasteiger partial charge in [-0.1, -0.05) is 0 Å². The third-order valence-electron chi connectivity index (χ3n) is 2.06. The van der Waals surface area contributed by atoms with Crippen LogP contribution in [-0.4, -0.2) is 30.5 Å². The van der Waals surface area contributed by atoms with Crippen LogP contribution in [0.1, 0.15) is 5.56 Å². The van der Waals surface area contributed by atoms with Crippen LogP contribution in [-0.2, 0) is 11.3 Å². The molecule has 0 aliphatic carbocycles. The summed E-state index contributed by atoms with van der Waals surface area (Å²) in [5, 5.41) is 8.17. The Kier molecular flexibility index (Phi) is 2.66. The number of benzene rings is 1. The zero-order valence-corrected chi connectivity index (χ0v) is 9.28.